The van der Waals surface area contributed by atoms with E-state index in [4.69, 9.17) is 0 Å². The molecule has 2 rings (SSSR count). The quantitative estimate of drug-likeness (QED) is 0.807. The summed E-state index contributed by atoms with van der Waals surface area (Å²) in [5, 5.41) is 3.34. The summed E-state index contributed by atoms with van der Waals surface area (Å²) < 4.78 is 0. The fraction of sp³-hybridized carbons (Fsp3) is 0.929. The molecule has 2 heterocycles. The summed E-state index contributed by atoms with van der Waals surface area (Å²) in [5.74, 6) is 1.85. The van der Waals surface area contributed by atoms with Crippen LogP contribution < -0.4 is 5.32 Å². The number of nitrogens with zero attached hydrogens (tertiary/aromatic N) is 2. The van der Waals surface area contributed by atoms with E-state index in [9.17, 15) is 4.79 Å². The van der Waals surface area contributed by atoms with Gasteiger partial charge in [0.15, 0.2) is 0 Å². The van der Waals surface area contributed by atoms with Crippen LogP contribution in [-0.4, -0.2) is 61.5 Å². The number of amides is 1. The monoisotopic (exact) mass is 253 g/mol. The first-order valence-corrected chi connectivity index (χ1v) is 7.37. The van der Waals surface area contributed by atoms with E-state index in [2.05, 4.69) is 24.1 Å². The SMILES string of the molecule is CC(C)C1CCN(CC(=O)N2CCCNCC2)C1. The standard InChI is InChI=1S/C14H27N3O/c1-12(2)13-4-8-16(10-13)11-14(18)17-7-3-5-15-6-9-17/h12-13,15H,3-11H2,1-2H3. The van der Waals surface area contributed by atoms with Crippen LogP contribution in [0.25, 0.3) is 0 Å². The zero-order valence-electron chi connectivity index (χ0n) is 11.8. The molecular weight excluding hydrogens is 226 g/mol. The summed E-state index contributed by atoms with van der Waals surface area (Å²) in [7, 11) is 0. The van der Waals surface area contributed by atoms with Crippen LogP contribution in [0.1, 0.15) is 26.7 Å². The van der Waals surface area contributed by atoms with Gasteiger partial charge in [-0.3, -0.25) is 9.69 Å². The first kappa shape index (κ1) is 13.8. The number of rotatable bonds is 3. The normalized spacial score (nSPS) is 26.6. The summed E-state index contributed by atoms with van der Waals surface area (Å²) in [6, 6.07) is 0. The molecule has 4 nitrogen and oxygen atoms in total. The second-order valence-electron chi connectivity index (χ2n) is 6.01. The second kappa shape index (κ2) is 6.53. The third kappa shape index (κ3) is 3.69. The number of hydrogen-bond acceptors (Lipinski definition) is 3. The van der Waals surface area contributed by atoms with Crippen LogP contribution in [-0.2, 0) is 4.79 Å². The molecule has 2 fully saturated rings. The molecule has 1 atom stereocenters. The minimum Gasteiger partial charge on any atom is -0.340 e. The van der Waals surface area contributed by atoms with Crippen LogP contribution in [0.15, 0.2) is 0 Å². The van der Waals surface area contributed by atoms with Crippen molar-refractivity contribution in [1.29, 1.82) is 0 Å². The lowest BCUT2D eigenvalue weighted by molar-refractivity contribution is -0.132. The smallest absolute Gasteiger partial charge is 0.236 e. The van der Waals surface area contributed by atoms with E-state index in [1.54, 1.807) is 0 Å². The van der Waals surface area contributed by atoms with Crippen molar-refractivity contribution in [2.24, 2.45) is 11.8 Å². The van der Waals surface area contributed by atoms with E-state index >= 15 is 0 Å². The van der Waals surface area contributed by atoms with E-state index in [1.807, 2.05) is 4.90 Å². The number of carbonyl (C=O) groups is 1. The van der Waals surface area contributed by atoms with Gasteiger partial charge in [-0.15, -0.1) is 0 Å². The molecule has 18 heavy (non-hydrogen) atoms. The van der Waals surface area contributed by atoms with Crippen molar-refractivity contribution in [3.05, 3.63) is 0 Å². The Morgan fingerprint density at radius 3 is 2.83 bits per heavy atom. The molecule has 104 valence electrons. The van der Waals surface area contributed by atoms with Crippen LogP contribution >= 0.6 is 0 Å². The van der Waals surface area contributed by atoms with Crippen molar-refractivity contribution in [1.82, 2.24) is 15.1 Å². The number of nitrogens with one attached hydrogen (secondary N) is 1. The Kier molecular flexibility index (Phi) is 5.01. The molecule has 1 N–H and O–H groups in total. The molecule has 1 unspecified atom stereocenters. The first-order chi connectivity index (χ1) is 8.66. The Hall–Kier alpha value is -0.610. The van der Waals surface area contributed by atoms with E-state index in [1.165, 1.54) is 6.42 Å². The van der Waals surface area contributed by atoms with Gasteiger partial charge in [0.2, 0.25) is 5.91 Å². The maximum absolute atomic E-state index is 12.2. The van der Waals surface area contributed by atoms with Crippen molar-refractivity contribution in [3.8, 4) is 0 Å². The average molecular weight is 253 g/mol. The topological polar surface area (TPSA) is 35.6 Å². The summed E-state index contributed by atoms with van der Waals surface area (Å²) in [6.45, 7) is 11.2. The van der Waals surface area contributed by atoms with Crippen LogP contribution in [0.2, 0.25) is 0 Å². The van der Waals surface area contributed by atoms with Gasteiger partial charge in [0, 0.05) is 26.2 Å². The highest BCUT2D eigenvalue weighted by atomic mass is 16.2. The summed E-state index contributed by atoms with van der Waals surface area (Å²) in [5.41, 5.74) is 0. The zero-order valence-corrected chi connectivity index (χ0v) is 11.8. The maximum Gasteiger partial charge on any atom is 0.236 e. The van der Waals surface area contributed by atoms with Gasteiger partial charge in [-0.2, -0.15) is 0 Å². The fourth-order valence-electron chi connectivity index (χ4n) is 2.94. The number of hydrogen-bond donors (Lipinski definition) is 1. The Labute approximate surface area is 111 Å². The lowest BCUT2D eigenvalue weighted by Gasteiger charge is -2.24. The Bertz CT molecular complexity index is 272. The van der Waals surface area contributed by atoms with Crippen molar-refractivity contribution < 1.29 is 4.79 Å². The second-order valence-corrected chi connectivity index (χ2v) is 6.01. The molecule has 0 aromatic heterocycles. The minimum atomic E-state index is 0.322. The van der Waals surface area contributed by atoms with Crippen molar-refractivity contribution >= 4 is 5.91 Å². The van der Waals surface area contributed by atoms with Crippen LogP contribution in [0.3, 0.4) is 0 Å². The summed E-state index contributed by atoms with van der Waals surface area (Å²) >= 11 is 0. The van der Waals surface area contributed by atoms with Crippen molar-refractivity contribution in [2.45, 2.75) is 26.7 Å². The number of likely N-dealkylation sites (tertiary alicyclic amines) is 1. The number of carbonyl (C=O) groups excluding carboxylic acids is 1. The molecule has 2 aliphatic heterocycles. The van der Waals surface area contributed by atoms with E-state index < -0.39 is 0 Å². The molecule has 0 saturated carbocycles. The molecule has 0 aromatic rings. The van der Waals surface area contributed by atoms with Gasteiger partial charge >= 0.3 is 0 Å². The van der Waals surface area contributed by atoms with Crippen LogP contribution in [0.5, 0.6) is 0 Å². The van der Waals surface area contributed by atoms with Crippen molar-refractivity contribution in [3.63, 3.8) is 0 Å². The predicted molar refractivity (Wildman–Crippen MR) is 73.5 cm³/mol. The third-order valence-corrected chi connectivity index (χ3v) is 4.30. The van der Waals surface area contributed by atoms with Crippen LogP contribution in [0, 0.1) is 11.8 Å². The third-order valence-electron chi connectivity index (χ3n) is 4.30. The average Bonchev–Trinajstić information content (AvgIpc) is 2.64. The van der Waals surface area contributed by atoms with E-state index in [0.29, 0.717) is 12.5 Å². The highest BCUT2D eigenvalue weighted by Gasteiger charge is 2.27. The lowest BCUT2D eigenvalue weighted by Crippen LogP contribution is -2.41. The van der Waals surface area contributed by atoms with Gasteiger partial charge < -0.3 is 10.2 Å². The lowest BCUT2D eigenvalue weighted by atomic mass is 9.95. The summed E-state index contributed by atoms with van der Waals surface area (Å²) in [6.07, 6.45) is 2.34. The Morgan fingerprint density at radius 1 is 1.28 bits per heavy atom. The highest BCUT2D eigenvalue weighted by Crippen LogP contribution is 2.23. The largest absolute Gasteiger partial charge is 0.340 e. The molecule has 0 aliphatic carbocycles. The van der Waals surface area contributed by atoms with E-state index in [-0.39, 0.29) is 0 Å². The molecule has 0 spiro atoms. The van der Waals surface area contributed by atoms with Crippen molar-refractivity contribution in [2.75, 3.05) is 45.8 Å². The minimum absolute atomic E-state index is 0.322. The molecule has 4 heteroatoms. The van der Waals surface area contributed by atoms with Gasteiger partial charge in [-0.25, -0.2) is 0 Å². The molecular formula is C14H27N3O. The first-order valence-electron chi connectivity index (χ1n) is 7.37. The highest BCUT2D eigenvalue weighted by molar-refractivity contribution is 5.78. The van der Waals surface area contributed by atoms with Gasteiger partial charge in [0.05, 0.1) is 6.54 Å². The Morgan fingerprint density at radius 2 is 2.11 bits per heavy atom. The van der Waals surface area contributed by atoms with Crippen LogP contribution in [0.4, 0.5) is 0 Å². The summed E-state index contributed by atoms with van der Waals surface area (Å²) in [4.78, 5) is 16.6. The van der Waals surface area contributed by atoms with E-state index in [0.717, 1.165) is 57.5 Å². The molecule has 2 saturated heterocycles. The molecule has 1 amide bonds. The Balaban J connectivity index is 1.77. The molecule has 2 aliphatic rings. The fourth-order valence-corrected chi connectivity index (χ4v) is 2.94. The maximum atomic E-state index is 12.2. The molecule has 0 radical (unpaired) electrons. The predicted octanol–water partition coefficient (Wildman–Crippen LogP) is 0.786. The molecule has 0 aromatic carbocycles. The molecule has 0 bridgehead atoms. The van der Waals surface area contributed by atoms with Gasteiger partial charge in [0.25, 0.3) is 0 Å². The van der Waals surface area contributed by atoms with Gasteiger partial charge in [-0.05, 0) is 37.8 Å². The zero-order chi connectivity index (χ0) is 13.0. The van der Waals surface area contributed by atoms with Gasteiger partial charge in [0.1, 0.15) is 0 Å². The van der Waals surface area contributed by atoms with Gasteiger partial charge in [-0.1, -0.05) is 13.8 Å².